The van der Waals surface area contributed by atoms with Crippen molar-refractivity contribution in [2.24, 2.45) is 0 Å². The van der Waals surface area contributed by atoms with Crippen molar-refractivity contribution in [1.82, 2.24) is 9.71 Å². The van der Waals surface area contributed by atoms with Crippen molar-refractivity contribution in [2.45, 2.75) is 37.1 Å². The maximum absolute atomic E-state index is 13.0. The van der Waals surface area contributed by atoms with E-state index in [1.165, 1.54) is 11.6 Å². The van der Waals surface area contributed by atoms with Crippen molar-refractivity contribution in [3.05, 3.63) is 48.0 Å². The minimum Gasteiger partial charge on any atom is -0.348 e. The highest BCUT2D eigenvalue weighted by Gasteiger charge is 2.28. The molecule has 0 spiro atoms. The zero-order valence-electron chi connectivity index (χ0n) is 17.2. The molecule has 1 amide bonds. The number of fused-ring (bicyclic) bond motifs is 2. The molecule has 162 valence electrons. The predicted octanol–water partition coefficient (Wildman–Crippen LogP) is 3.15. The quantitative estimate of drug-likeness (QED) is 0.652. The van der Waals surface area contributed by atoms with E-state index >= 15 is 0 Å². The second-order valence-corrected chi connectivity index (χ2v) is 10.8. The summed E-state index contributed by atoms with van der Waals surface area (Å²) in [7, 11) is -3.61. The SMILES string of the molecule is CC(=O)N1CCc2cc(S(=O)(=O)NC3CCN(c4nc5ccccc5s4)CC3)ccc21. The largest absolute Gasteiger partial charge is 0.348 e. The first-order valence-electron chi connectivity index (χ1n) is 10.4. The number of nitrogens with zero attached hydrogens (tertiary/aromatic N) is 3. The first-order chi connectivity index (χ1) is 14.9. The number of aromatic nitrogens is 1. The zero-order chi connectivity index (χ0) is 21.6. The molecule has 0 aliphatic carbocycles. The summed E-state index contributed by atoms with van der Waals surface area (Å²) in [6, 6.07) is 13.0. The van der Waals surface area contributed by atoms with E-state index in [1.807, 2.05) is 18.2 Å². The van der Waals surface area contributed by atoms with Gasteiger partial charge >= 0.3 is 0 Å². The molecule has 2 aliphatic rings. The van der Waals surface area contributed by atoms with Crippen LogP contribution in [-0.4, -0.2) is 45.0 Å². The molecule has 2 aromatic carbocycles. The molecular weight excluding hydrogens is 432 g/mol. The van der Waals surface area contributed by atoms with Gasteiger partial charge in [0.25, 0.3) is 0 Å². The summed E-state index contributed by atoms with van der Waals surface area (Å²) in [5, 5.41) is 0.996. The van der Waals surface area contributed by atoms with Crippen LogP contribution in [0.3, 0.4) is 0 Å². The number of benzene rings is 2. The summed E-state index contributed by atoms with van der Waals surface area (Å²) in [6.07, 6.45) is 2.15. The molecule has 0 saturated carbocycles. The van der Waals surface area contributed by atoms with Gasteiger partial charge in [-0.3, -0.25) is 4.79 Å². The van der Waals surface area contributed by atoms with Crippen molar-refractivity contribution in [1.29, 1.82) is 0 Å². The van der Waals surface area contributed by atoms with Gasteiger partial charge in [-0.2, -0.15) is 0 Å². The highest BCUT2D eigenvalue weighted by Crippen LogP contribution is 2.32. The van der Waals surface area contributed by atoms with Crippen molar-refractivity contribution < 1.29 is 13.2 Å². The second kappa shape index (κ2) is 7.89. The van der Waals surface area contributed by atoms with E-state index in [-0.39, 0.29) is 16.8 Å². The second-order valence-electron chi connectivity index (χ2n) is 8.06. The summed E-state index contributed by atoms with van der Waals surface area (Å²) in [4.78, 5) is 20.6. The Bertz CT molecular complexity index is 1210. The van der Waals surface area contributed by atoms with E-state index in [4.69, 9.17) is 4.98 Å². The Morgan fingerprint density at radius 1 is 1.13 bits per heavy atom. The predicted molar refractivity (Wildman–Crippen MR) is 123 cm³/mol. The molecule has 1 saturated heterocycles. The molecule has 3 heterocycles. The van der Waals surface area contributed by atoms with Gasteiger partial charge in [0.2, 0.25) is 15.9 Å². The topological polar surface area (TPSA) is 82.6 Å². The fourth-order valence-electron chi connectivity index (χ4n) is 4.34. The Morgan fingerprint density at radius 2 is 1.90 bits per heavy atom. The van der Waals surface area contributed by atoms with Gasteiger partial charge in [0.1, 0.15) is 0 Å². The lowest BCUT2D eigenvalue weighted by molar-refractivity contribution is -0.116. The third kappa shape index (κ3) is 3.93. The van der Waals surface area contributed by atoms with Gasteiger partial charge in [-0.15, -0.1) is 0 Å². The van der Waals surface area contributed by atoms with Gasteiger partial charge < -0.3 is 9.80 Å². The van der Waals surface area contributed by atoms with Gasteiger partial charge in [0.15, 0.2) is 5.13 Å². The fourth-order valence-corrected chi connectivity index (χ4v) is 6.72. The molecule has 7 nitrogen and oxygen atoms in total. The molecule has 1 fully saturated rings. The minimum atomic E-state index is -3.61. The van der Waals surface area contributed by atoms with E-state index in [0.29, 0.717) is 13.0 Å². The third-order valence-electron chi connectivity index (χ3n) is 6.01. The number of hydrogen-bond donors (Lipinski definition) is 1. The molecule has 0 radical (unpaired) electrons. The fraction of sp³-hybridized carbons (Fsp3) is 0.364. The van der Waals surface area contributed by atoms with Gasteiger partial charge in [-0.05, 0) is 55.2 Å². The molecule has 3 aromatic rings. The number of carbonyl (C=O) groups is 1. The lowest BCUT2D eigenvalue weighted by Gasteiger charge is -2.32. The van der Waals surface area contributed by atoms with Crippen LogP contribution in [0.2, 0.25) is 0 Å². The summed E-state index contributed by atoms with van der Waals surface area (Å²) >= 11 is 1.68. The molecular formula is C22H24N4O3S2. The number of sulfonamides is 1. The number of nitrogens with one attached hydrogen (secondary N) is 1. The number of rotatable bonds is 4. The van der Waals surface area contributed by atoms with E-state index in [0.717, 1.165) is 47.8 Å². The zero-order valence-corrected chi connectivity index (χ0v) is 18.9. The van der Waals surface area contributed by atoms with Crippen molar-refractivity contribution in [3.63, 3.8) is 0 Å². The summed E-state index contributed by atoms with van der Waals surface area (Å²) in [6.45, 7) is 3.67. The summed E-state index contributed by atoms with van der Waals surface area (Å²) in [5.41, 5.74) is 2.73. The molecule has 1 aromatic heterocycles. The molecule has 0 unspecified atom stereocenters. The normalized spacial score (nSPS) is 17.3. The maximum Gasteiger partial charge on any atom is 0.240 e. The summed E-state index contributed by atoms with van der Waals surface area (Å²) in [5.74, 6) is -0.0210. The van der Waals surface area contributed by atoms with Crippen LogP contribution in [0.5, 0.6) is 0 Å². The first kappa shape index (κ1) is 20.4. The number of carbonyl (C=O) groups excluding carboxylic acids is 1. The Hall–Kier alpha value is -2.49. The van der Waals surface area contributed by atoms with Crippen molar-refractivity contribution in [3.8, 4) is 0 Å². The van der Waals surface area contributed by atoms with Crippen molar-refractivity contribution in [2.75, 3.05) is 29.4 Å². The molecule has 31 heavy (non-hydrogen) atoms. The van der Waals surface area contributed by atoms with Crippen LogP contribution < -0.4 is 14.5 Å². The molecule has 0 bridgehead atoms. The van der Waals surface area contributed by atoms with E-state index in [2.05, 4.69) is 15.7 Å². The van der Waals surface area contributed by atoms with Crippen LogP contribution in [0, 0.1) is 0 Å². The van der Waals surface area contributed by atoms with Crippen molar-refractivity contribution >= 4 is 48.3 Å². The molecule has 1 N–H and O–H groups in total. The first-order valence-corrected chi connectivity index (χ1v) is 12.7. The lowest BCUT2D eigenvalue weighted by atomic mass is 10.1. The lowest BCUT2D eigenvalue weighted by Crippen LogP contribution is -2.44. The van der Waals surface area contributed by atoms with Crippen LogP contribution in [-0.2, 0) is 21.2 Å². The number of para-hydroxylation sites is 1. The van der Waals surface area contributed by atoms with E-state index in [1.54, 1.807) is 34.4 Å². The van der Waals surface area contributed by atoms with E-state index in [9.17, 15) is 13.2 Å². The molecule has 9 heteroatoms. The van der Waals surface area contributed by atoms with Crippen LogP contribution in [0.4, 0.5) is 10.8 Å². The van der Waals surface area contributed by atoms with Crippen LogP contribution in [0.1, 0.15) is 25.3 Å². The van der Waals surface area contributed by atoms with Gasteiger partial charge in [-0.1, -0.05) is 23.5 Å². The molecule has 0 atom stereocenters. The van der Waals surface area contributed by atoms with E-state index < -0.39 is 10.0 Å². The number of anilines is 2. The average Bonchev–Trinajstić information content (AvgIpc) is 3.38. The number of amides is 1. The third-order valence-corrected chi connectivity index (χ3v) is 8.62. The van der Waals surface area contributed by atoms with Crippen LogP contribution >= 0.6 is 11.3 Å². The Labute approximate surface area is 185 Å². The van der Waals surface area contributed by atoms with Gasteiger partial charge in [0, 0.05) is 38.3 Å². The maximum atomic E-state index is 13.0. The van der Waals surface area contributed by atoms with Crippen LogP contribution in [0.25, 0.3) is 10.2 Å². The Morgan fingerprint density at radius 3 is 2.65 bits per heavy atom. The van der Waals surface area contributed by atoms with Crippen LogP contribution in [0.15, 0.2) is 47.4 Å². The minimum absolute atomic E-state index is 0.0210. The summed E-state index contributed by atoms with van der Waals surface area (Å²) < 4.78 is 30.0. The number of hydrogen-bond acceptors (Lipinski definition) is 6. The van der Waals surface area contributed by atoms with Gasteiger partial charge in [0.05, 0.1) is 15.1 Å². The number of thiazole rings is 1. The average molecular weight is 457 g/mol. The Balaban J connectivity index is 1.25. The highest BCUT2D eigenvalue weighted by molar-refractivity contribution is 7.89. The monoisotopic (exact) mass is 456 g/mol. The number of piperidine rings is 1. The van der Waals surface area contributed by atoms with Gasteiger partial charge in [-0.25, -0.2) is 18.1 Å². The standard InChI is InChI=1S/C22H24N4O3S2/c1-15(27)26-13-8-16-14-18(6-7-20(16)26)31(28,29)24-17-9-11-25(12-10-17)22-23-19-4-2-3-5-21(19)30-22/h2-7,14,17,24H,8-13H2,1H3. The molecule has 2 aliphatic heterocycles. The highest BCUT2D eigenvalue weighted by atomic mass is 32.2. The molecule has 5 rings (SSSR count). The smallest absolute Gasteiger partial charge is 0.240 e. The Kier molecular flexibility index (Phi) is 5.19.